The summed E-state index contributed by atoms with van der Waals surface area (Å²) in [6, 6.07) is 8.08. The maximum absolute atomic E-state index is 12.7. The van der Waals surface area contributed by atoms with E-state index >= 15 is 0 Å². The Morgan fingerprint density at radius 3 is 2.81 bits per heavy atom. The lowest BCUT2D eigenvalue weighted by Crippen LogP contribution is -2.32. The average Bonchev–Trinajstić information content (AvgIpc) is 3.26. The molecule has 1 aromatic heterocycles. The summed E-state index contributed by atoms with van der Waals surface area (Å²) in [6.07, 6.45) is 2.91. The van der Waals surface area contributed by atoms with Gasteiger partial charge in [0.05, 0.1) is 31.4 Å². The quantitative estimate of drug-likeness (QED) is 0.674. The van der Waals surface area contributed by atoms with E-state index in [0.29, 0.717) is 36.2 Å². The number of esters is 1. The number of carbonyl (C=O) groups is 2. The van der Waals surface area contributed by atoms with E-state index in [1.165, 1.54) is 11.3 Å². The van der Waals surface area contributed by atoms with Gasteiger partial charge in [-0.05, 0) is 62.6 Å². The molecule has 0 spiro atoms. The van der Waals surface area contributed by atoms with Gasteiger partial charge in [-0.1, -0.05) is 6.07 Å². The van der Waals surface area contributed by atoms with Crippen molar-refractivity contribution < 1.29 is 23.8 Å². The molecule has 0 radical (unpaired) electrons. The minimum absolute atomic E-state index is 0.0853. The number of amides is 1. The number of nitrogens with zero attached hydrogens (tertiary/aromatic N) is 1. The minimum Gasteiger partial charge on any atom is -0.490 e. The zero-order valence-corrected chi connectivity index (χ0v) is 18.8. The first-order valence-corrected chi connectivity index (χ1v) is 11.6. The first kappa shape index (κ1) is 21.6. The molecule has 0 aliphatic carbocycles. The Hall–Kier alpha value is -2.58. The predicted molar refractivity (Wildman–Crippen MR) is 119 cm³/mol. The maximum atomic E-state index is 12.7. The summed E-state index contributed by atoms with van der Waals surface area (Å²) in [5.41, 5.74) is 1.95. The third kappa shape index (κ3) is 5.02. The van der Waals surface area contributed by atoms with E-state index < -0.39 is 0 Å². The van der Waals surface area contributed by atoms with Gasteiger partial charge in [0, 0.05) is 12.5 Å². The summed E-state index contributed by atoms with van der Waals surface area (Å²) in [4.78, 5) is 27.5. The van der Waals surface area contributed by atoms with Gasteiger partial charge in [0.1, 0.15) is 4.88 Å². The number of rotatable bonds is 6. The van der Waals surface area contributed by atoms with E-state index in [9.17, 15) is 9.59 Å². The standard InChI is InChI=1S/C23H28N2O5S/c1-3-28-23(27)22-15(2)12-21(31-22)24-20(26)14-25-9-4-6-17(25)16-7-8-18-19(13-16)30-11-5-10-29-18/h7-8,12-13,17H,3-6,9-11,14H2,1-2H3,(H,24,26). The molecule has 3 heterocycles. The number of carbonyl (C=O) groups excluding carboxylic acids is 2. The van der Waals surface area contributed by atoms with Crippen LogP contribution in [0.5, 0.6) is 11.5 Å². The number of benzene rings is 1. The molecule has 8 heteroatoms. The van der Waals surface area contributed by atoms with Crippen molar-refractivity contribution in [2.45, 2.75) is 39.2 Å². The summed E-state index contributed by atoms with van der Waals surface area (Å²) in [6.45, 7) is 6.44. The fourth-order valence-corrected chi connectivity index (χ4v) is 5.07. The molecule has 7 nitrogen and oxygen atoms in total. The first-order chi connectivity index (χ1) is 15.0. The number of aryl methyl sites for hydroxylation is 1. The Morgan fingerprint density at radius 2 is 2.00 bits per heavy atom. The van der Waals surface area contributed by atoms with E-state index in [2.05, 4.69) is 22.3 Å². The molecule has 166 valence electrons. The summed E-state index contributed by atoms with van der Waals surface area (Å²) in [7, 11) is 0. The molecular weight excluding hydrogens is 416 g/mol. The van der Waals surface area contributed by atoms with Gasteiger partial charge in [-0.15, -0.1) is 11.3 Å². The van der Waals surface area contributed by atoms with Crippen LogP contribution in [0, 0.1) is 6.92 Å². The van der Waals surface area contributed by atoms with Gasteiger partial charge >= 0.3 is 5.97 Å². The van der Waals surface area contributed by atoms with Gasteiger partial charge in [0.15, 0.2) is 11.5 Å². The van der Waals surface area contributed by atoms with Gasteiger partial charge in [-0.2, -0.15) is 0 Å². The third-order valence-corrected chi connectivity index (χ3v) is 6.64. The number of hydrogen-bond donors (Lipinski definition) is 1. The lowest BCUT2D eigenvalue weighted by atomic mass is 10.0. The molecule has 1 N–H and O–H groups in total. The zero-order valence-electron chi connectivity index (χ0n) is 17.9. The van der Waals surface area contributed by atoms with Crippen LogP contribution in [0.15, 0.2) is 24.3 Å². The van der Waals surface area contributed by atoms with Crippen LogP contribution >= 0.6 is 11.3 Å². The molecule has 1 saturated heterocycles. The Morgan fingerprint density at radius 1 is 1.19 bits per heavy atom. The van der Waals surface area contributed by atoms with Crippen molar-refractivity contribution in [1.82, 2.24) is 4.90 Å². The second-order valence-corrected chi connectivity index (χ2v) is 8.83. The number of anilines is 1. The van der Waals surface area contributed by atoms with Crippen molar-refractivity contribution >= 4 is 28.2 Å². The minimum atomic E-state index is -0.348. The van der Waals surface area contributed by atoms with E-state index in [-0.39, 0.29) is 17.9 Å². The zero-order chi connectivity index (χ0) is 21.8. The van der Waals surface area contributed by atoms with E-state index in [1.807, 2.05) is 19.1 Å². The molecule has 2 aliphatic heterocycles. The van der Waals surface area contributed by atoms with Crippen LogP contribution in [0.2, 0.25) is 0 Å². The number of thiophene rings is 1. The summed E-state index contributed by atoms with van der Waals surface area (Å²) in [5.74, 6) is 1.14. The molecule has 31 heavy (non-hydrogen) atoms. The van der Waals surface area contributed by atoms with Crippen LogP contribution in [0.25, 0.3) is 0 Å². The first-order valence-electron chi connectivity index (χ1n) is 10.8. The maximum Gasteiger partial charge on any atom is 0.348 e. The number of hydrogen-bond acceptors (Lipinski definition) is 7. The molecular formula is C23H28N2O5S. The lowest BCUT2D eigenvalue weighted by Gasteiger charge is -2.24. The number of nitrogens with one attached hydrogen (secondary N) is 1. The second-order valence-electron chi connectivity index (χ2n) is 7.78. The number of ether oxygens (including phenoxy) is 3. The normalized spacial score (nSPS) is 18.5. The Balaban J connectivity index is 1.41. The molecule has 0 bridgehead atoms. The average molecular weight is 445 g/mol. The number of likely N-dealkylation sites (tertiary alicyclic amines) is 1. The number of fused-ring (bicyclic) bond motifs is 1. The van der Waals surface area contributed by atoms with Crippen LogP contribution in [0.1, 0.15) is 53.0 Å². The third-order valence-electron chi connectivity index (χ3n) is 5.51. The molecule has 1 unspecified atom stereocenters. The highest BCUT2D eigenvalue weighted by Gasteiger charge is 2.29. The predicted octanol–water partition coefficient (Wildman–Crippen LogP) is 4.17. The van der Waals surface area contributed by atoms with Gasteiger partial charge in [0.2, 0.25) is 5.91 Å². The van der Waals surface area contributed by atoms with Crippen molar-refractivity contribution in [2.24, 2.45) is 0 Å². The molecule has 4 rings (SSSR count). The van der Waals surface area contributed by atoms with Crippen LogP contribution in [0.3, 0.4) is 0 Å². The fourth-order valence-electron chi connectivity index (χ4n) is 4.08. The van der Waals surface area contributed by atoms with Gasteiger partial charge < -0.3 is 19.5 Å². The monoisotopic (exact) mass is 444 g/mol. The molecule has 2 aliphatic rings. The lowest BCUT2D eigenvalue weighted by molar-refractivity contribution is -0.117. The highest BCUT2D eigenvalue weighted by molar-refractivity contribution is 7.18. The topological polar surface area (TPSA) is 77.1 Å². The summed E-state index contributed by atoms with van der Waals surface area (Å²) in [5, 5.41) is 3.61. The highest BCUT2D eigenvalue weighted by atomic mass is 32.1. The molecule has 1 fully saturated rings. The van der Waals surface area contributed by atoms with E-state index in [0.717, 1.165) is 48.4 Å². The van der Waals surface area contributed by atoms with Crippen LogP contribution in [-0.2, 0) is 9.53 Å². The molecule has 1 atom stereocenters. The second kappa shape index (κ2) is 9.70. The van der Waals surface area contributed by atoms with Crippen LogP contribution in [-0.4, -0.2) is 49.7 Å². The largest absolute Gasteiger partial charge is 0.490 e. The molecule has 2 aromatic rings. The smallest absolute Gasteiger partial charge is 0.348 e. The molecule has 1 aromatic carbocycles. The van der Waals surface area contributed by atoms with Crippen LogP contribution < -0.4 is 14.8 Å². The van der Waals surface area contributed by atoms with Crippen molar-refractivity contribution in [1.29, 1.82) is 0 Å². The van der Waals surface area contributed by atoms with Crippen molar-refractivity contribution in [3.63, 3.8) is 0 Å². The van der Waals surface area contributed by atoms with Crippen molar-refractivity contribution in [3.05, 3.63) is 40.3 Å². The van der Waals surface area contributed by atoms with E-state index in [1.54, 1.807) is 6.92 Å². The Bertz CT molecular complexity index is 957. The highest BCUT2D eigenvalue weighted by Crippen LogP contribution is 2.38. The van der Waals surface area contributed by atoms with Gasteiger partial charge in [0.25, 0.3) is 0 Å². The van der Waals surface area contributed by atoms with E-state index in [4.69, 9.17) is 14.2 Å². The SMILES string of the molecule is CCOC(=O)c1sc(NC(=O)CN2CCCC2c2ccc3c(c2)OCCCO3)cc1C. The van der Waals surface area contributed by atoms with Gasteiger partial charge in [-0.25, -0.2) is 4.79 Å². The fraction of sp³-hybridized carbons (Fsp3) is 0.478. The molecule has 1 amide bonds. The summed E-state index contributed by atoms with van der Waals surface area (Å²) >= 11 is 1.25. The van der Waals surface area contributed by atoms with Crippen molar-refractivity contribution in [3.8, 4) is 11.5 Å². The van der Waals surface area contributed by atoms with Crippen LogP contribution in [0.4, 0.5) is 5.00 Å². The van der Waals surface area contributed by atoms with Gasteiger partial charge in [-0.3, -0.25) is 9.69 Å². The summed E-state index contributed by atoms with van der Waals surface area (Å²) < 4.78 is 16.6. The van der Waals surface area contributed by atoms with Crippen molar-refractivity contribution in [2.75, 3.05) is 38.2 Å². The molecule has 0 saturated carbocycles. The Kier molecular flexibility index (Phi) is 6.77. The Labute approximate surface area is 186 Å².